The van der Waals surface area contributed by atoms with Gasteiger partial charge in [-0.05, 0) is 60.5 Å². The zero-order chi connectivity index (χ0) is 25.4. The van der Waals surface area contributed by atoms with Gasteiger partial charge in [-0.25, -0.2) is 10.2 Å². The van der Waals surface area contributed by atoms with Crippen molar-refractivity contribution in [3.05, 3.63) is 93.0 Å². The van der Waals surface area contributed by atoms with Gasteiger partial charge in [0.15, 0.2) is 11.5 Å². The van der Waals surface area contributed by atoms with Crippen molar-refractivity contribution in [2.24, 2.45) is 5.10 Å². The van der Waals surface area contributed by atoms with Gasteiger partial charge in [0.1, 0.15) is 0 Å². The van der Waals surface area contributed by atoms with E-state index in [0.717, 1.165) is 5.56 Å². The molecule has 0 aromatic heterocycles. The van der Waals surface area contributed by atoms with Gasteiger partial charge in [0.05, 0.1) is 30.5 Å². The van der Waals surface area contributed by atoms with Gasteiger partial charge < -0.3 is 14.8 Å². The van der Waals surface area contributed by atoms with Gasteiger partial charge in [-0.2, -0.15) is 5.10 Å². The molecule has 10 heteroatoms. The molecule has 3 rings (SSSR count). The highest BCUT2D eigenvalue weighted by atomic mass is 35.5. The van der Waals surface area contributed by atoms with Crippen molar-refractivity contribution in [3.8, 4) is 11.5 Å². The molecule has 0 heterocycles. The van der Waals surface area contributed by atoms with Crippen LogP contribution in [0.2, 0.25) is 10.0 Å². The van der Waals surface area contributed by atoms with Crippen molar-refractivity contribution < 1.29 is 23.9 Å². The van der Waals surface area contributed by atoms with Crippen LogP contribution in [0.25, 0.3) is 0 Å². The zero-order valence-electron chi connectivity index (χ0n) is 18.8. The van der Waals surface area contributed by atoms with E-state index < -0.39 is 11.9 Å². The number of hydrogen-bond donors (Lipinski definition) is 2. The van der Waals surface area contributed by atoms with Crippen molar-refractivity contribution in [1.82, 2.24) is 10.7 Å². The fraction of sp³-hybridized carbons (Fsp3) is 0.120. The van der Waals surface area contributed by atoms with E-state index in [9.17, 15) is 14.4 Å². The van der Waals surface area contributed by atoms with Crippen LogP contribution in [0.4, 0.5) is 0 Å². The third-order valence-electron chi connectivity index (χ3n) is 4.74. The Morgan fingerprint density at radius 3 is 2.46 bits per heavy atom. The largest absolute Gasteiger partial charge is 0.493 e. The van der Waals surface area contributed by atoms with Gasteiger partial charge in [0, 0.05) is 10.6 Å². The Kier molecular flexibility index (Phi) is 8.83. The Labute approximate surface area is 211 Å². The summed E-state index contributed by atoms with van der Waals surface area (Å²) in [6, 6.07) is 16.2. The zero-order valence-corrected chi connectivity index (χ0v) is 20.3. The number of halogens is 2. The molecule has 3 aromatic rings. The molecule has 0 bridgehead atoms. The molecule has 35 heavy (non-hydrogen) atoms. The van der Waals surface area contributed by atoms with Crippen LogP contribution in [0.3, 0.4) is 0 Å². The minimum absolute atomic E-state index is 0.154. The van der Waals surface area contributed by atoms with Gasteiger partial charge in [0.2, 0.25) is 0 Å². The van der Waals surface area contributed by atoms with E-state index in [1.54, 1.807) is 24.3 Å². The van der Waals surface area contributed by atoms with Gasteiger partial charge in [0.25, 0.3) is 11.8 Å². The van der Waals surface area contributed by atoms with Crippen LogP contribution < -0.4 is 20.2 Å². The molecule has 3 aromatic carbocycles. The number of hydrazone groups is 1. The van der Waals surface area contributed by atoms with Crippen molar-refractivity contribution >= 4 is 47.2 Å². The summed E-state index contributed by atoms with van der Waals surface area (Å²) in [4.78, 5) is 36.6. The summed E-state index contributed by atoms with van der Waals surface area (Å²) < 4.78 is 10.7. The summed E-state index contributed by atoms with van der Waals surface area (Å²) in [7, 11) is 1.42. The lowest BCUT2D eigenvalue weighted by atomic mass is 10.1. The van der Waals surface area contributed by atoms with Crippen LogP contribution in [-0.2, 0) is 4.79 Å². The van der Waals surface area contributed by atoms with Crippen molar-refractivity contribution in [1.29, 1.82) is 0 Å². The Hall–Kier alpha value is -3.88. The molecular formula is C25H21Cl2N3O5. The van der Waals surface area contributed by atoms with E-state index in [4.69, 9.17) is 32.7 Å². The van der Waals surface area contributed by atoms with Crippen molar-refractivity contribution in [3.63, 3.8) is 0 Å². The number of nitrogens with one attached hydrogen (secondary N) is 2. The fourth-order valence-electron chi connectivity index (χ4n) is 2.96. The highest BCUT2D eigenvalue weighted by Gasteiger charge is 2.16. The smallest absolute Gasteiger partial charge is 0.345 e. The molecule has 0 atom stereocenters. The number of hydrogen-bond acceptors (Lipinski definition) is 6. The molecule has 0 saturated heterocycles. The molecule has 180 valence electrons. The van der Waals surface area contributed by atoms with E-state index in [1.165, 1.54) is 37.6 Å². The summed E-state index contributed by atoms with van der Waals surface area (Å²) >= 11 is 11.9. The monoisotopic (exact) mass is 513 g/mol. The average Bonchev–Trinajstić information content (AvgIpc) is 2.83. The quantitative estimate of drug-likeness (QED) is 0.201. The first kappa shape index (κ1) is 25.7. The lowest BCUT2D eigenvalue weighted by Gasteiger charge is -2.10. The van der Waals surface area contributed by atoms with E-state index in [0.29, 0.717) is 16.1 Å². The van der Waals surface area contributed by atoms with Gasteiger partial charge in [-0.1, -0.05) is 41.4 Å². The van der Waals surface area contributed by atoms with Crippen LogP contribution in [0.1, 0.15) is 31.8 Å². The molecule has 0 fully saturated rings. The third-order valence-corrected chi connectivity index (χ3v) is 5.29. The number of carbonyl (C=O) groups excluding carboxylic acids is 3. The van der Waals surface area contributed by atoms with Gasteiger partial charge in [-0.3, -0.25) is 9.59 Å². The van der Waals surface area contributed by atoms with Crippen LogP contribution in [0.15, 0.2) is 65.8 Å². The number of ether oxygens (including phenoxy) is 2. The lowest BCUT2D eigenvalue weighted by Crippen LogP contribution is -2.35. The minimum atomic E-state index is -0.675. The standard InChI is InChI=1S/C25H21Cl2N3O5/c1-15-5-3-4-6-18(15)24(32)28-14-23(31)30-29-13-16-7-10-21(22(11-16)34-2)35-25(33)19-9-8-17(26)12-20(19)27/h3-13H,14H2,1-2H3,(H,28,32)(H,30,31)/b29-13-. The minimum Gasteiger partial charge on any atom is -0.493 e. The molecule has 8 nitrogen and oxygen atoms in total. The second-order valence-corrected chi connectivity index (χ2v) is 8.06. The topological polar surface area (TPSA) is 106 Å². The SMILES string of the molecule is COc1cc(/C=N\NC(=O)CNC(=O)c2ccccc2C)ccc1OC(=O)c1ccc(Cl)cc1Cl. The number of rotatable bonds is 8. The Balaban J connectivity index is 1.57. The molecule has 0 unspecified atom stereocenters. The highest BCUT2D eigenvalue weighted by molar-refractivity contribution is 6.36. The highest BCUT2D eigenvalue weighted by Crippen LogP contribution is 2.29. The number of methoxy groups -OCH3 is 1. The van der Waals surface area contributed by atoms with Crippen LogP contribution >= 0.6 is 23.2 Å². The normalized spacial score (nSPS) is 10.6. The van der Waals surface area contributed by atoms with E-state index in [-0.39, 0.29) is 34.5 Å². The Morgan fingerprint density at radius 2 is 1.74 bits per heavy atom. The van der Waals surface area contributed by atoms with E-state index >= 15 is 0 Å². The summed E-state index contributed by atoms with van der Waals surface area (Å²) in [5, 5.41) is 6.98. The van der Waals surface area contributed by atoms with Crippen LogP contribution in [0, 0.1) is 6.92 Å². The predicted molar refractivity (Wildman–Crippen MR) is 134 cm³/mol. The van der Waals surface area contributed by atoms with Gasteiger partial charge >= 0.3 is 5.97 Å². The molecule has 2 N–H and O–H groups in total. The average molecular weight is 514 g/mol. The molecule has 0 radical (unpaired) electrons. The van der Waals surface area contributed by atoms with E-state index in [2.05, 4.69) is 15.8 Å². The molecule has 0 spiro atoms. The number of carbonyl (C=O) groups is 3. The summed E-state index contributed by atoms with van der Waals surface area (Å²) in [6.07, 6.45) is 1.38. The first-order valence-corrected chi connectivity index (χ1v) is 11.0. The maximum Gasteiger partial charge on any atom is 0.345 e. The second kappa shape index (κ2) is 12.0. The Bertz CT molecular complexity index is 1290. The summed E-state index contributed by atoms with van der Waals surface area (Å²) in [5.74, 6) is -1.09. The van der Waals surface area contributed by atoms with Gasteiger partial charge in [-0.15, -0.1) is 0 Å². The van der Waals surface area contributed by atoms with Crippen LogP contribution in [-0.4, -0.2) is 37.7 Å². The maximum atomic E-state index is 12.5. The molecule has 0 aliphatic heterocycles. The number of nitrogens with zero attached hydrogens (tertiary/aromatic N) is 1. The first-order valence-electron chi connectivity index (χ1n) is 10.3. The first-order chi connectivity index (χ1) is 16.8. The van der Waals surface area contributed by atoms with Crippen LogP contribution in [0.5, 0.6) is 11.5 Å². The second-order valence-electron chi connectivity index (χ2n) is 7.21. The number of aryl methyl sites for hydroxylation is 1. The number of benzene rings is 3. The van der Waals surface area contributed by atoms with Crippen molar-refractivity contribution in [2.75, 3.05) is 13.7 Å². The third kappa shape index (κ3) is 7.05. The molecule has 0 aliphatic rings. The lowest BCUT2D eigenvalue weighted by molar-refractivity contribution is -0.120. The molecular weight excluding hydrogens is 493 g/mol. The van der Waals surface area contributed by atoms with Crippen molar-refractivity contribution in [2.45, 2.75) is 6.92 Å². The Morgan fingerprint density at radius 1 is 0.971 bits per heavy atom. The molecule has 0 aliphatic carbocycles. The molecule has 0 saturated carbocycles. The summed E-state index contributed by atoms with van der Waals surface area (Å²) in [6.45, 7) is 1.57. The number of amides is 2. The maximum absolute atomic E-state index is 12.5. The summed E-state index contributed by atoms with van der Waals surface area (Å²) in [5.41, 5.74) is 4.36. The predicted octanol–water partition coefficient (Wildman–Crippen LogP) is 4.41. The fourth-order valence-corrected chi connectivity index (χ4v) is 3.45. The molecule has 2 amide bonds. The number of esters is 1. The van der Waals surface area contributed by atoms with E-state index in [1.807, 2.05) is 19.1 Å².